The summed E-state index contributed by atoms with van der Waals surface area (Å²) in [6.45, 7) is 2.53. The van der Waals surface area contributed by atoms with Crippen molar-refractivity contribution in [2.45, 2.75) is 13.5 Å². The number of benzene rings is 1. The molecule has 5 heteroatoms. The van der Waals surface area contributed by atoms with Gasteiger partial charge in [-0.05, 0) is 24.6 Å². The van der Waals surface area contributed by atoms with Crippen molar-refractivity contribution in [3.63, 3.8) is 0 Å². The standard InChI is InChI=1S/C13H15N3O2/c1-8-2-3-11-10(4-8)9(5-13(18)16-11)6-15-7-12(14)17/h2-5,15H,6-7H2,1H3,(H2,14,17)(H,16,18). The number of fused-ring (bicyclic) bond motifs is 1. The van der Waals surface area contributed by atoms with Crippen LogP contribution in [0, 0.1) is 6.92 Å². The first-order chi connectivity index (χ1) is 8.56. The molecule has 2 aromatic rings. The second kappa shape index (κ2) is 5.01. The molecule has 94 valence electrons. The Bertz CT molecular complexity index is 646. The molecule has 0 saturated carbocycles. The first kappa shape index (κ1) is 12.3. The van der Waals surface area contributed by atoms with Gasteiger partial charge >= 0.3 is 0 Å². The molecule has 4 N–H and O–H groups in total. The predicted molar refractivity (Wildman–Crippen MR) is 70.2 cm³/mol. The number of carbonyl (C=O) groups excluding carboxylic acids is 1. The van der Waals surface area contributed by atoms with Crippen molar-refractivity contribution >= 4 is 16.8 Å². The zero-order chi connectivity index (χ0) is 13.1. The molecule has 2 rings (SSSR count). The van der Waals surface area contributed by atoms with Gasteiger partial charge in [0, 0.05) is 23.5 Å². The third kappa shape index (κ3) is 2.75. The van der Waals surface area contributed by atoms with E-state index in [-0.39, 0.29) is 12.1 Å². The van der Waals surface area contributed by atoms with Gasteiger partial charge in [0.15, 0.2) is 0 Å². The van der Waals surface area contributed by atoms with Gasteiger partial charge in [-0.2, -0.15) is 0 Å². The molecule has 1 heterocycles. The minimum absolute atomic E-state index is 0.0973. The minimum Gasteiger partial charge on any atom is -0.369 e. The molecule has 0 radical (unpaired) electrons. The fourth-order valence-electron chi connectivity index (χ4n) is 1.90. The van der Waals surface area contributed by atoms with Crippen LogP contribution < -0.4 is 16.6 Å². The number of aromatic amines is 1. The van der Waals surface area contributed by atoms with Crippen molar-refractivity contribution in [2.24, 2.45) is 5.73 Å². The summed E-state index contributed by atoms with van der Waals surface area (Å²) in [6.07, 6.45) is 0. The molecule has 0 aliphatic carbocycles. The third-order valence-corrected chi connectivity index (χ3v) is 2.70. The van der Waals surface area contributed by atoms with Crippen LogP contribution in [0.4, 0.5) is 0 Å². The number of nitrogens with two attached hydrogens (primary N) is 1. The molecule has 1 aromatic carbocycles. The Hall–Kier alpha value is -2.14. The fraction of sp³-hybridized carbons (Fsp3) is 0.231. The normalized spacial score (nSPS) is 10.7. The minimum atomic E-state index is -0.416. The van der Waals surface area contributed by atoms with E-state index in [1.165, 1.54) is 6.07 Å². The van der Waals surface area contributed by atoms with Gasteiger partial charge in [0.1, 0.15) is 0 Å². The molecule has 0 aliphatic rings. The predicted octanol–water partition coefficient (Wildman–Crippen LogP) is 0.411. The van der Waals surface area contributed by atoms with E-state index in [1.54, 1.807) is 0 Å². The van der Waals surface area contributed by atoms with Gasteiger partial charge in [0.2, 0.25) is 11.5 Å². The lowest BCUT2D eigenvalue weighted by Crippen LogP contribution is -2.28. The van der Waals surface area contributed by atoms with Gasteiger partial charge in [-0.15, -0.1) is 0 Å². The SMILES string of the molecule is Cc1ccc2[nH]c(=O)cc(CNCC(N)=O)c2c1. The van der Waals surface area contributed by atoms with E-state index in [4.69, 9.17) is 5.73 Å². The number of carbonyl (C=O) groups is 1. The average Bonchev–Trinajstić information content (AvgIpc) is 2.29. The monoisotopic (exact) mass is 245 g/mol. The number of aryl methyl sites for hydroxylation is 1. The van der Waals surface area contributed by atoms with E-state index in [0.717, 1.165) is 22.0 Å². The summed E-state index contributed by atoms with van der Waals surface area (Å²) in [7, 11) is 0. The Morgan fingerprint density at radius 2 is 2.17 bits per heavy atom. The van der Waals surface area contributed by atoms with Gasteiger partial charge in [0.25, 0.3) is 0 Å². The smallest absolute Gasteiger partial charge is 0.248 e. The number of aromatic nitrogens is 1. The van der Waals surface area contributed by atoms with Gasteiger partial charge < -0.3 is 16.0 Å². The molecule has 0 bridgehead atoms. The Labute approximate surface area is 104 Å². The van der Waals surface area contributed by atoms with Crippen molar-refractivity contribution < 1.29 is 4.79 Å². The topological polar surface area (TPSA) is 88.0 Å². The maximum Gasteiger partial charge on any atom is 0.248 e. The highest BCUT2D eigenvalue weighted by atomic mass is 16.1. The number of H-pyrrole nitrogens is 1. The molecule has 0 saturated heterocycles. The van der Waals surface area contributed by atoms with Crippen LogP contribution in [-0.2, 0) is 11.3 Å². The van der Waals surface area contributed by atoms with Crippen LogP contribution in [0.2, 0.25) is 0 Å². The number of primary amides is 1. The molecule has 5 nitrogen and oxygen atoms in total. The number of pyridine rings is 1. The zero-order valence-corrected chi connectivity index (χ0v) is 10.1. The zero-order valence-electron chi connectivity index (χ0n) is 10.1. The molecular weight excluding hydrogens is 230 g/mol. The van der Waals surface area contributed by atoms with E-state index >= 15 is 0 Å². The fourth-order valence-corrected chi connectivity index (χ4v) is 1.90. The van der Waals surface area contributed by atoms with E-state index in [9.17, 15) is 9.59 Å². The summed E-state index contributed by atoms with van der Waals surface area (Å²) in [5, 5.41) is 3.89. The summed E-state index contributed by atoms with van der Waals surface area (Å²) in [6, 6.07) is 7.37. The van der Waals surface area contributed by atoms with Crippen molar-refractivity contribution in [3.05, 3.63) is 45.7 Å². The van der Waals surface area contributed by atoms with Crippen LogP contribution in [0.15, 0.2) is 29.1 Å². The van der Waals surface area contributed by atoms with Crippen LogP contribution in [0.5, 0.6) is 0 Å². The Morgan fingerprint density at radius 1 is 1.39 bits per heavy atom. The van der Waals surface area contributed by atoms with Crippen LogP contribution >= 0.6 is 0 Å². The Kier molecular flexibility index (Phi) is 3.43. The quantitative estimate of drug-likeness (QED) is 0.729. The van der Waals surface area contributed by atoms with Crippen LogP contribution in [0.3, 0.4) is 0 Å². The molecule has 0 unspecified atom stereocenters. The van der Waals surface area contributed by atoms with Crippen LogP contribution in [0.25, 0.3) is 10.9 Å². The number of nitrogens with one attached hydrogen (secondary N) is 2. The number of rotatable bonds is 4. The lowest BCUT2D eigenvalue weighted by Gasteiger charge is -2.07. The van der Waals surface area contributed by atoms with E-state index in [0.29, 0.717) is 6.54 Å². The Morgan fingerprint density at radius 3 is 2.89 bits per heavy atom. The second-order valence-corrected chi connectivity index (χ2v) is 4.28. The first-order valence-electron chi connectivity index (χ1n) is 5.68. The van der Waals surface area contributed by atoms with E-state index < -0.39 is 5.91 Å². The number of hydrogen-bond acceptors (Lipinski definition) is 3. The highest BCUT2D eigenvalue weighted by Gasteiger charge is 2.04. The summed E-state index contributed by atoms with van der Waals surface area (Å²) in [5.41, 5.74) is 7.67. The van der Waals surface area contributed by atoms with Crippen molar-refractivity contribution in [1.29, 1.82) is 0 Å². The van der Waals surface area contributed by atoms with Gasteiger partial charge in [-0.25, -0.2) is 0 Å². The lowest BCUT2D eigenvalue weighted by atomic mass is 10.1. The molecule has 0 atom stereocenters. The van der Waals surface area contributed by atoms with E-state index in [1.807, 2.05) is 25.1 Å². The molecular formula is C13H15N3O2. The summed E-state index contributed by atoms with van der Waals surface area (Å²) >= 11 is 0. The summed E-state index contributed by atoms with van der Waals surface area (Å²) < 4.78 is 0. The van der Waals surface area contributed by atoms with Crippen LogP contribution in [0.1, 0.15) is 11.1 Å². The van der Waals surface area contributed by atoms with Crippen molar-refractivity contribution in [1.82, 2.24) is 10.3 Å². The molecule has 1 aromatic heterocycles. The second-order valence-electron chi connectivity index (χ2n) is 4.28. The summed E-state index contributed by atoms with van der Waals surface area (Å²) in [5.74, 6) is -0.416. The van der Waals surface area contributed by atoms with Crippen molar-refractivity contribution in [3.8, 4) is 0 Å². The largest absolute Gasteiger partial charge is 0.369 e. The van der Waals surface area contributed by atoms with Crippen molar-refractivity contribution in [2.75, 3.05) is 6.54 Å². The lowest BCUT2D eigenvalue weighted by molar-refractivity contribution is -0.117. The first-order valence-corrected chi connectivity index (χ1v) is 5.68. The average molecular weight is 245 g/mol. The molecule has 1 amide bonds. The maximum absolute atomic E-state index is 11.5. The summed E-state index contributed by atoms with van der Waals surface area (Å²) in [4.78, 5) is 25.0. The Balaban J connectivity index is 2.38. The van der Waals surface area contributed by atoms with Gasteiger partial charge in [-0.3, -0.25) is 9.59 Å². The van der Waals surface area contributed by atoms with Gasteiger partial charge in [0.05, 0.1) is 6.54 Å². The molecule has 0 aliphatic heterocycles. The highest BCUT2D eigenvalue weighted by molar-refractivity contribution is 5.82. The van der Waals surface area contributed by atoms with E-state index in [2.05, 4.69) is 10.3 Å². The maximum atomic E-state index is 11.5. The third-order valence-electron chi connectivity index (χ3n) is 2.70. The van der Waals surface area contributed by atoms with Gasteiger partial charge in [-0.1, -0.05) is 11.6 Å². The molecule has 0 fully saturated rings. The number of hydrogen-bond donors (Lipinski definition) is 3. The highest BCUT2D eigenvalue weighted by Crippen LogP contribution is 2.16. The molecule has 18 heavy (non-hydrogen) atoms. The number of amides is 1. The molecule has 0 spiro atoms. The van der Waals surface area contributed by atoms with Crippen LogP contribution in [-0.4, -0.2) is 17.4 Å².